The lowest BCUT2D eigenvalue weighted by Crippen LogP contribution is -2.28. The number of anilines is 1. The van der Waals surface area contributed by atoms with Crippen LogP contribution in [-0.4, -0.2) is 42.5 Å². The number of nitrogen functional groups attached to an aromatic ring is 1. The number of methoxy groups -OCH3 is 1. The number of ether oxygens (including phenoxy) is 3. The summed E-state index contributed by atoms with van der Waals surface area (Å²) in [5, 5.41) is 0. The second-order valence-electron chi connectivity index (χ2n) is 6.00. The molecule has 0 bridgehead atoms. The quantitative estimate of drug-likeness (QED) is 0.782. The van der Waals surface area contributed by atoms with Crippen molar-refractivity contribution in [3.8, 4) is 5.75 Å². The Kier molecular flexibility index (Phi) is 4.89. The molecule has 0 aliphatic carbocycles. The maximum atomic E-state index is 11.9. The molecule has 1 aliphatic rings. The van der Waals surface area contributed by atoms with Gasteiger partial charge in [-0.1, -0.05) is 6.92 Å². The summed E-state index contributed by atoms with van der Waals surface area (Å²) in [7, 11) is 1.35. The molecule has 0 saturated carbocycles. The highest BCUT2D eigenvalue weighted by Gasteiger charge is 2.20. The van der Waals surface area contributed by atoms with Gasteiger partial charge >= 0.3 is 5.97 Å². The number of hydrogen-bond acceptors (Lipinski definition) is 6. The van der Waals surface area contributed by atoms with E-state index in [9.17, 15) is 4.79 Å². The molecule has 0 amide bonds. The maximum absolute atomic E-state index is 11.9. The first-order chi connectivity index (χ1) is 11.6. The summed E-state index contributed by atoms with van der Waals surface area (Å²) in [5.74, 6) is 1.17. The molecule has 1 saturated heterocycles. The number of imidazole rings is 1. The zero-order valence-electron chi connectivity index (χ0n) is 14.1. The molecule has 2 aromatic rings. The van der Waals surface area contributed by atoms with E-state index in [4.69, 9.17) is 19.9 Å². The molecule has 0 atom stereocenters. The van der Waals surface area contributed by atoms with Crippen LogP contribution in [0.2, 0.25) is 0 Å². The molecule has 2 heterocycles. The van der Waals surface area contributed by atoms with Gasteiger partial charge in [-0.25, -0.2) is 9.78 Å². The summed E-state index contributed by atoms with van der Waals surface area (Å²) in [6, 6.07) is 3.40. The van der Waals surface area contributed by atoms with Crippen molar-refractivity contribution >= 4 is 23.0 Å². The van der Waals surface area contributed by atoms with Crippen LogP contribution >= 0.6 is 0 Å². The highest BCUT2D eigenvalue weighted by Crippen LogP contribution is 2.31. The van der Waals surface area contributed by atoms with Gasteiger partial charge in [0.05, 0.1) is 38.0 Å². The van der Waals surface area contributed by atoms with E-state index in [0.717, 1.165) is 38.1 Å². The van der Waals surface area contributed by atoms with Crippen LogP contribution in [0, 0.1) is 5.92 Å². The van der Waals surface area contributed by atoms with Gasteiger partial charge in [0.15, 0.2) is 0 Å². The highest BCUT2D eigenvalue weighted by molar-refractivity contribution is 5.96. The van der Waals surface area contributed by atoms with Gasteiger partial charge < -0.3 is 24.5 Å². The van der Waals surface area contributed by atoms with Gasteiger partial charge in [0.2, 0.25) is 5.95 Å². The molecule has 7 heteroatoms. The van der Waals surface area contributed by atoms with E-state index in [1.807, 2.05) is 4.57 Å². The summed E-state index contributed by atoms with van der Waals surface area (Å²) >= 11 is 0. The minimum Gasteiger partial charge on any atom is -0.491 e. The first-order valence-corrected chi connectivity index (χ1v) is 8.22. The first kappa shape index (κ1) is 16.6. The van der Waals surface area contributed by atoms with Crippen LogP contribution in [-0.2, 0) is 16.0 Å². The van der Waals surface area contributed by atoms with E-state index in [0.29, 0.717) is 35.3 Å². The Bertz CT molecular complexity index is 737. The third kappa shape index (κ3) is 3.17. The molecule has 1 fully saturated rings. The molecule has 130 valence electrons. The molecular weight excluding hydrogens is 310 g/mol. The average Bonchev–Trinajstić information content (AvgIpc) is 2.85. The fourth-order valence-corrected chi connectivity index (χ4v) is 2.83. The summed E-state index contributed by atoms with van der Waals surface area (Å²) in [4.78, 5) is 16.3. The van der Waals surface area contributed by atoms with Crippen LogP contribution in [0.15, 0.2) is 12.1 Å². The molecule has 0 radical (unpaired) electrons. The number of fused-ring (bicyclic) bond motifs is 1. The molecule has 7 nitrogen and oxygen atoms in total. The average molecular weight is 333 g/mol. The van der Waals surface area contributed by atoms with E-state index in [2.05, 4.69) is 11.9 Å². The number of aryl methyl sites for hydroxylation is 1. The molecule has 2 N–H and O–H groups in total. The van der Waals surface area contributed by atoms with Crippen molar-refractivity contribution in [1.82, 2.24) is 9.55 Å². The van der Waals surface area contributed by atoms with Gasteiger partial charge in [-0.2, -0.15) is 0 Å². The number of nitrogens with zero attached hydrogens (tertiary/aromatic N) is 2. The van der Waals surface area contributed by atoms with Gasteiger partial charge in [-0.3, -0.25) is 0 Å². The first-order valence-electron chi connectivity index (χ1n) is 8.22. The van der Waals surface area contributed by atoms with Crippen LogP contribution in [0.1, 0.15) is 30.1 Å². The van der Waals surface area contributed by atoms with Crippen LogP contribution in [0.3, 0.4) is 0 Å². The zero-order chi connectivity index (χ0) is 17.1. The van der Waals surface area contributed by atoms with Gasteiger partial charge in [0.25, 0.3) is 0 Å². The van der Waals surface area contributed by atoms with Gasteiger partial charge in [0, 0.05) is 12.5 Å². The minimum atomic E-state index is -0.419. The van der Waals surface area contributed by atoms with Crippen molar-refractivity contribution in [1.29, 1.82) is 0 Å². The monoisotopic (exact) mass is 333 g/mol. The third-order valence-electron chi connectivity index (χ3n) is 4.20. The second kappa shape index (κ2) is 7.09. The molecule has 24 heavy (non-hydrogen) atoms. The van der Waals surface area contributed by atoms with Crippen LogP contribution < -0.4 is 10.5 Å². The van der Waals surface area contributed by atoms with E-state index in [-0.39, 0.29) is 0 Å². The third-order valence-corrected chi connectivity index (χ3v) is 4.20. The minimum absolute atomic E-state index is 0.410. The number of carbonyl (C=O) groups is 1. The summed E-state index contributed by atoms with van der Waals surface area (Å²) < 4.78 is 17.9. The van der Waals surface area contributed by atoms with Crippen LogP contribution in [0.25, 0.3) is 11.0 Å². The zero-order valence-corrected chi connectivity index (χ0v) is 14.1. The number of nitrogens with two attached hydrogens (primary N) is 1. The molecule has 1 aromatic carbocycles. The van der Waals surface area contributed by atoms with E-state index in [1.54, 1.807) is 12.1 Å². The van der Waals surface area contributed by atoms with Crippen LogP contribution in [0.4, 0.5) is 5.95 Å². The largest absolute Gasteiger partial charge is 0.491 e. The van der Waals surface area contributed by atoms with E-state index >= 15 is 0 Å². The molecule has 1 aromatic heterocycles. The Morgan fingerprint density at radius 3 is 2.88 bits per heavy atom. The Hall–Kier alpha value is -2.28. The molecule has 0 unspecified atom stereocenters. The summed E-state index contributed by atoms with van der Waals surface area (Å²) in [6.07, 6.45) is 1.84. The van der Waals surface area contributed by atoms with Crippen molar-refractivity contribution in [2.24, 2.45) is 5.92 Å². The normalized spacial score (nSPS) is 14.6. The fourth-order valence-electron chi connectivity index (χ4n) is 2.83. The van der Waals surface area contributed by atoms with E-state index in [1.165, 1.54) is 7.11 Å². The highest BCUT2D eigenvalue weighted by atomic mass is 16.5. The molecule has 1 aliphatic heterocycles. The van der Waals surface area contributed by atoms with Crippen molar-refractivity contribution in [3.05, 3.63) is 17.7 Å². The lowest BCUT2D eigenvalue weighted by Gasteiger charge is -2.25. The van der Waals surface area contributed by atoms with Crippen molar-refractivity contribution in [2.75, 3.05) is 32.7 Å². The molecule has 3 rings (SSSR count). The number of benzene rings is 1. The van der Waals surface area contributed by atoms with Gasteiger partial charge in [-0.15, -0.1) is 0 Å². The molecular formula is C17H23N3O4. The van der Waals surface area contributed by atoms with E-state index < -0.39 is 5.97 Å². The number of hydrogen-bond donors (Lipinski definition) is 1. The summed E-state index contributed by atoms with van der Waals surface area (Å²) in [5.41, 5.74) is 7.92. The number of rotatable bonds is 7. The van der Waals surface area contributed by atoms with Gasteiger partial charge in [-0.05, 0) is 25.0 Å². The lowest BCUT2D eigenvalue weighted by atomic mass is 10.1. The van der Waals surface area contributed by atoms with Crippen molar-refractivity contribution < 1.29 is 19.0 Å². The Morgan fingerprint density at radius 2 is 2.25 bits per heavy atom. The summed E-state index contributed by atoms with van der Waals surface area (Å²) in [6.45, 7) is 4.96. The lowest BCUT2D eigenvalue weighted by molar-refractivity contribution is -0.0400. The van der Waals surface area contributed by atoms with Crippen LogP contribution in [0.5, 0.6) is 5.75 Å². The predicted molar refractivity (Wildman–Crippen MR) is 90.2 cm³/mol. The Balaban J connectivity index is 1.95. The fraction of sp³-hybridized carbons (Fsp3) is 0.529. The van der Waals surface area contributed by atoms with Crippen molar-refractivity contribution in [2.45, 2.75) is 26.3 Å². The SMILES string of the molecule is CCCn1c(N)nc2cc(C(=O)OC)cc(OCCC3COC3)c21. The topological polar surface area (TPSA) is 88.6 Å². The standard InChI is InChI=1S/C17H23N3O4/c1-3-5-20-15-13(19-17(20)18)7-12(16(21)22-2)8-14(15)24-6-4-11-9-23-10-11/h7-8,11H,3-6,9-10H2,1-2H3,(H2,18,19). The number of aromatic nitrogens is 2. The maximum Gasteiger partial charge on any atom is 0.338 e. The number of esters is 1. The Labute approximate surface area is 140 Å². The van der Waals surface area contributed by atoms with Gasteiger partial charge in [0.1, 0.15) is 11.3 Å². The smallest absolute Gasteiger partial charge is 0.338 e. The Morgan fingerprint density at radius 1 is 1.46 bits per heavy atom. The second-order valence-corrected chi connectivity index (χ2v) is 6.00. The molecule has 0 spiro atoms. The number of carbonyl (C=O) groups excluding carboxylic acids is 1. The predicted octanol–water partition coefficient (Wildman–Crippen LogP) is 2.23. The van der Waals surface area contributed by atoms with Crippen molar-refractivity contribution in [3.63, 3.8) is 0 Å².